The molecule has 0 bridgehead atoms. The van der Waals surface area contributed by atoms with Gasteiger partial charge in [0.1, 0.15) is 0 Å². The van der Waals surface area contributed by atoms with E-state index in [0.29, 0.717) is 17.8 Å². The van der Waals surface area contributed by atoms with Crippen LogP contribution < -0.4 is 5.32 Å². The Morgan fingerprint density at radius 1 is 1.00 bits per heavy atom. The van der Waals surface area contributed by atoms with Crippen LogP contribution in [0.3, 0.4) is 0 Å². The Hall–Kier alpha value is -2.86. The van der Waals surface area contributed by atoms with Crippen molar-refractivity contribution in [3.8, 4) is 0 Å². The van der Waals surface area contributed by atoms with E-state index in [1.54, 1.807) is 18.6 Å². The van der Waals surface area contributed by atoms with Gasteiger partial charge in [0, 0.05) is 25.1 Å². The van der Waals surface area contributed by atoms with Crippen LogP contribution in [0, 0.1) is 0 Å². The molecule has 1 aromatic carbocycles. The van der Waals surface area contributed by atoms with Crippen molar-refractivity contribution >= 4 is 11.8 Å². The molecule has 1 aliphatic rings. The summed E-state index contributed by atoms with van der Waals surface area (Å²) in [6.07, 6.45) is 10.4. The molecule has 26 heavy (non-hydrogen) atoms. The molecule has 6 nitrogen and oxygen atoms in total. The van der Waals surface area contributed by atoms with E-state index in [0.717, 1.165) is 25.2 Å². The highest BCUT2D eigenvalue weighted by molar-refractivity contribution is 5.45. The van der Waals surface area contributed by atoms with Crippen molar-refractivity contribution in [1.29, 1.82) is 0 Å². The van der Waals surface area contributed by atoms with Crippen molar-refractivity contribution in [2.45, 2.75) is 31.8 Å². The molecule has 1 N–H and O–H groups in total. The van der Waals surface area contributed by atoms with Crippen LogP contribution >= 0.6 is 0 Å². The van der Waals surface area contributed by atoms with E-state index >= 15 is 0 Å². The summed E-state index contributed by atoms with van der Waals surface area (Å²) < 4.78 is 0. The second-order valence-corrected chi connectivity index (χ2v) is 6.49. The second kappa shape index (κ2) is 8.01. The zero-order valence-electron chi connectivity index (χ0n) is 14.6. The van der Waals surface area contributed by atoms with Crippen LogP contribution in [0.4, 0.5) is 11.8 Å². The van der Waals surface area contributed by atoms with E-state index in [9.17, 15) is 0 Å². The monoisotopic (exact) mass is 346 g/mol. The summed E-state index contributed by atoms with van der Waals surface area (Å²) in [6.45, 7) is 2.04. The molecule has 4 rings (SSSR count). The van der Waals surface area contributed by atoms with Gasteiger partial charge in [-0.25, -0.2) is 15.0 Å². The van der Waals surface area contributed by atoms with E-state index in [4.69, 9.17) is 4.98 Å². The van der Waals surface area contributed by atoms with Gasteiger partial charge >= 0.3 is 0 Å². The van der Waals surface area contributed by atoms with Crippen molar-refractivity contribution in [2.24, 2.45) is 0 Å². The molecular formula is C20H22N6. The SMILES string of the molecule is c1ccc(CN2CCCC[C@@H]2c2ccnc(Nc3cnccn3)n2)cc1. The fraction of sp³-hybridized carbons (Fsp3) is 0.300. The molecule has 0 unspecified atom stereocenters. The maximum Gasteiger partial charge on any atom is 0.228 e. The standard InChI is InChI=1S/C20H22N6/c1-2-6-16(7-3-1)15-26-13-5-4-8-18(26)17-9-10-23-20(24-17)25-19-14-21-11-12-22-19/h1-3,6-7,9-12,14,18H,4-5,8,13,15H2,(H,22,23,24,25)/t18-/m1/s1. The molecule has 0 radical (unpaired) electrons. The summed E-state index contributed by atoms with van der Waals surface area (Å²) in [5.41, 5.74) is 2.40. The molecule has 132 valence electrons. The van der Waals surface area contributed by atoms with Gasteiger partial charge in [0.25, 0.3) is 0 Å². The molecule has 0 amide bonds. The molecule has 3 aromatic rings. The third-order valence-corrected chi connectivity index (χ3v) is 4.66. The number of hydrogen-bond acceptors (Lipinski definition) is 6. The lowest BCUT2D eigenvalue weighted by Gasteiger charge is -2.35. The number of likely N-dealkylation sites (tertiary alicyclic amines) is 1. The molecule has 0 spiro atoms. The maximum atomic E-state index is 4.75. The van der Waals surface area contributed by atoms with Crippen LogP contribution in [0.1, 0.15) is 36.6 Å². The van der Waals surface area contributed by atoms with Crippen LogP contribution in [0.15, 0.2) is 61.2 Å². The molecule has 2 aromatic heterocycles. The molecular weight excluding hydrogens is 324 g/mol. The van der Waals surface area contributed by atoms with Crippen molar-refractivity contribution < 1.29 is 0 Å². The van der Waals surface area contributed by atoms with Gasteiger partial charge in [0.15, 0.2) is 5.82 Å². The second-order valence-electron chi connectivity index (χ2n) is 6.49. The van der Waals surface area contributed by atoms with E-state index in [1.807, 2.05) is 12.3 Å². The number of nitrogens with zero attached hydrogens (tertiary/aromatic N) is 5. The average Bonchev–Trinajstić information content (AvgIpc) is 2.70. The van der Waals surface area contributed by atoms with Crippen LogP contribution in [0.2, 0.25) is 0 Å². The molecule has 1 aliphatic heterocycles. The minimum Gasteiger partial charge on any atom is -0.307 e. The van der Waals surface area contributed by atoms with Crippen LogP contribution in [0.5, 0.6) is 0 Å². The summed E-state index contributed by atoms with van der Waals surface area (Å²) in [5.74, 6) is 1.21. The minimum atomic E-state index is 0.314. The Balaban J connectivity index is 1.53. The van der Waals surface area contributed by atoms with Crippen LogP contribution in [0.25, 0.3) is 0 Å². The van der Waals surface area contributed by atoms with E-state index in [-0.39, 0.29) is 0 Å². The molecule has 0 saturated carbocycles. The first-order chi connectivity index (χ1) is 12.9. The van der Waals surface area contributed by atoms with Crippen molar-refractivity contribution in [1.82, 2.24) is 24.8 Å². The summed E-state index contributed by atoms with van der Waals surface area (Å²) in [7, 11) is 0. The minimum absolute atomic E-state index is 0.314. The van der Waals surface area contributed by atoms with E-state index < -0.39 is 0 Å². The van der Waals surface area contributed by atoms with Gasteiger partial charge < -0.3 is 5.32 Å². The molecule has 1 saturated heterocycles. The average molecular weight is 346 g/mol. The molecule has 6 heteroatoms. The Kier molecular flexibility index (Phi) is 5.12. The molecule has 3 heterocycles. The number of aromatic nitrogens is 4. The van der Waals surface area contributed by atoms with Crippen molar-refractivity contribution in [3.05, 3.63) is 72.4 Å². The summed E-state index contributed by atoms with van der Waals surface area (Å²) >= 11 is 0. The van der Waals surface area contributed by atoms with Gasteiger partial charge in [-0.3, -0.25) is 9.88 Å². The predicted molar refractivity (Wildman–Crippen MR) is 101 cm³/mol. The third-order valence-electron chi connectivity index (χ3n) is 4.66. The van der Waals surface area contributed by atoms with Crippen molar-refractivity contribution in [2.75, 3.05) is 11.9 Å². The van der Waals surface area contributed by atoms with Gasteiger partial charge in [-0.15, -0.1) is 0 Å². The Morgan fingerprint density at radius 3 is 2.77 bits per heavy atom. The number of anilines is 2. The number of piperidine rings is 1. The lowest BCUT2D eigenvalue weighted by atomic mass is 9.98. The number of benzene rings is 1. The normalized spacial score (nSPS) is 17.8. The zero-order valence-corrected chi connectivity index (χ0v) is 14.6. The highest BCUT2D eigenvalue weighted by atomic mass is 15.2. The number of rotatable bonds is 5. The fourth-order valence-electron chi connectivity index (χ4n) is 3.43. The van der Waals surface area contributed by atoms with Gasteiger partial charge in [-0.1, -0.05) is 36.8 Å². The van der Waals surface area contributed by atoms with Crippen LogP contribution in [-0.4, -0.2) is 31.4 Å². The highest BCUT2D eigenvalue weighted by Gasteiger charge is 2.25. The summed E-state index contributed by atoms with van der Waals surface area (Å²) in [4.78, 5) is 19.9. The molecule has 1 atom stereocenters. The highest BCUT2D eigenvalue weighted by Crippen LogP contribution is 2.31. The van der Waals surface area contributed by atoms with E-state index in [1.165, 1.54) is 18.4 Å². The van der Waals surface area contributed by atoms with Gasteiger partial charge in [-0.2, -0.15) is 0 Å². The Labute approximate surface area is 153 Å². The van der Waals surface area contributed by atoms with E-state index in [2.05, 4.69) is 55.5 Å². The Morgan fingerprint density at radius 2 is 1.92 bits per heavy atom. The topological polar surface area (TPSA) is 66.8 Å². The first-order valence-electron chi connectivity index (χ1n) is 9.02. The predicted octanol–water partition coefficient (Wildman–Crippen LogP) is 3.74. The first-order valence-corrected chi connectivity index (χ1v) is 9.02. The largest absolute Gasteiger partial charge is 0.307 e. The lowest BCUT2D eigenvalue weighted by Crippen LogP contribution is -2.33. The lowest BCUT2D eigenvalue weighted by molar-refractivity contribution is 0.137. The molecule has 0 aliphatic carbocycles. The third kappa shape index (κ3) is 4.03. The van der Waals surface area contributed by atoms with Gasteiger partial charge in [0.2, 0.25) is 5.95 Å². The van der Waals surface area contributed by atoms with Gasteiger partial charge in [-0.05, 0) is 31.0 Å². The maximum absolute atomic E-state index is 4.75. The summed E-state index contributed by atoms with van der Waals surface area (Å²) in [5, 5.41) is 3.13. The quantitative estimate of drug-likeness (QED) is 0.759. The zero-order chi connectivity index (χ0) is 17.6. The fourth-order valence-corrected chi connectivity index (χ4v) is 3.43. The smallest absolute Gasteiger partial charge is 0.228 e. The van der Waals surface area contributed by atoms with Crippen LogP contribution in [-0.2, 0) is 6.54 Å². The van der Waals surface area contributed by atoms with Crippen molar-refractivity contribution in [3.63, 3.8) is 0 Å². The first kappa shape index (κ1) is 16.6. The van der Waals surface area contributed by atoms with Gasteiger partial charge in [0.05, 0.1) is 17.9 Å². The molecule has 1 fully saturated rings. The number of hydrogen-bond donors (Lipinski definition) is 1. The number of nitrogens with one attached hydrogen (secondary N) is 1. The Bertz CT molecular complexity index is 824. The summed E-state index contributed by atoms with van der Waals surface area (Å²) in [6, 6.07) is 13.0.